The third kappa shape index (κ3) is 2.39. The van der Waals surface area contributed by atoms with Crippen molar-refractivity contribution in [2.24, 2.45) is 7.05 Å². The topological polar surface area (TPSA) is 27.1 Å². The van der Waals surface area contributed by atoms with Crippen molar-refractivity contribution in [3.63, 3.8) is 0 Å². The lowest BCUT2D eigenvalue weighted by atomic mass is 10.3. The molecule has 78 valence electrons. The van der Waals surface area contributed by atoms with E-state index in [9.17, 15) is 0 Å². The van der Waals surface area contributed by atoms with E-state index in [-0.39, 0.29) is 0 Å². The summed E-state index contributed by atoms with van der Waals surface area (Å²) in [5.41, 5.74) is 0.949. The molecule has 0 fully saturated rings. The largest absolute Gasteiger partial charge is 0.426 e. The summed E-state index contributed by atoms with van der Waals surface area (Å²) in [5, 5.41) is 0. The Morgan fingerprint density at radius 2 is 1.93 bits per heavy atom. The van der Waals surface area contributed by atoms with Gasteiger partial charge < -0.3 is 9.30 Å². The zero-order valence-electron chi connectivity index (χ0n) is 8.57. The molecule has 1 aromatic heterocycles. The minimum Gasteiger partial charge on any atom is -0.426 e. The second kappa shape index (κ2) is 4.06. The van der Waals surface area contributed by atoms with E-state index in [1.165, 1.54) is 0 Å². The van der Waals surface area contributed by atoms with Gasteiger partial charge in [0.25, 0.3) is 0 Å². The highest BCUT2D eigenvalue weighted by Crippen LogP contribution is 2.21. The van der Waals surface area contributed by atoms with E-state index in [0.29, 0.717) is 6.01 Å². The number of nitrogens with zero attached hydrogens (tertiary/aromatic N) is 2. The fourth-order valence-electron chi connectivity index (χ4n) is 1.30. The van der Waals surface area contributed by atoms with Crippen LogP contribution in [0.1, 0.15) is 5.69 Å². The van der Waals surface area contributed by atoms with E-state index < -0.39 is 0 Å². The fraction of sp³-hybridized carbons (Fsp3) is 0.182. The highest BCUT2D eigenvalue weighted by molar-refractivity contribution is 9.10. The van der Waals surface area contributed by atoms with Gasteiger partial charge in [0.2, 0.25) is 0 Å². The molecule has 0 bridgehead atoms. The van der Waals surface area contributed by atoms with Crippen LogP contribution in [0.25, 0.3) is 0 Å². The van der Waals surface area contributed by atoms with Crippen LogP contribution in [-0.4, -0.2) is 9.55 Å². The molecule has 0 atom stereocenters. The van der Waals surface area contributed by atoms with E-state index in [2.05, 4.69) is 20.9 Å². The average molecular weight is 267 g/mol. The van der Waals surface area contributed by atoms with Crippen molar-refractivity contribution in [1.29, 1.82) is 0 Å². The standard InChI is InChI=1S/C11H11BrN2O/c1-8-7-14(2)11(13-8)15-10-5-3-9(12)4-6-10/h3-7H,1-2H3. The Kier molecular flexibility index (Phi) is 2.77. The number of halogens is 1. The maximum atomic E-state index is 5.62. The monoisotopic (exact) mass is 266 g/mol. The number of hydrogen-bond donors (Lipinski definition) is 0. The second-order valence-electron chi connectivity index (χ2n) is 3.33. The number of aryl methyl sites for hydroxylation is 2. The summed E-state index contributed by atoms with van der Waals surface area (Å²) in [6.45, 7) is 1.94. The molecular weight excluding hydrogens is 256 g/mol. The molecule has 3 nitrogen and oxygen atoms in total. The number of imidazole rings is 1. The summed E-state index contributed by atoms with van der Waals surface area (Å²) >= 11 is 3.37. The molecule has 0 amide bonds. The van der Waals surface area contributed by atoms with E-state index >= 15 is 0 Å². The summed E-state index contributed by atoms with van der Waals surface area (Å²) < 4.78 is 8.51. The van der Waals surface area contributed by atoms with Gasteiger partial charge in [-0.25, -0.2) is 4.98 Å². The van der Waals surface area contributed by atoms with Gasteiger partial charge in [0.1, 0.15) is 5.75 Å². The van der Waals surface area contributed by atoms with E-state index in [1.807, 2.05) is 49.0 Å². The predicted octanol–water partition coefficient (Wildman–Crippen LogP) is 3.28. The lowest BCUT2D eigenvalue weighted by Crippen LogP contribution is -1.92. The van der Waals surface area contributed by atoms with Gasteiger partial charge in [-0.3, -0.25) is 0 Å². The van der Waals surface area contributed by atoms with Crippen LogP contribution in [0, 0.1) is 6.92 Å². The maximum absolute atomic E-state index is 5.62. The fourth-order valence-corrected chi connectivity index (χ4v) is 1.56. The van der Waals surface area contributed by atoms with E-state index in [1.54, 1.807) is 0 Å². The predicted molar refractivity (Wildman–Crippen MR) is 62.2 cm³/mol. The second-order valence-corrected chi connectivity index (χ2v) is 4.25. The van der Waals surface area contributed by atoms with Crippen LogP contribution in [0.5, 0.6) is 11.8 Å². The number of ether oxygens (including phenoxy) is 1. The van der Waals surface area contributed by atoms with Gasteiger partial charge in [-0.1, -0.05) is 15.9 Å². The number of benzene rings is 1. The van der Waals surface area contributed by atoms with Crippen molar-refractivity contribution in [1.82, 2.24) is 9.55 Å². The number of rotatable bonds is 2. The summed E-state index contributed by atoms with van der Waals surface area (Å²) in [5.74, 6) is 0.784. The van der Waals surface area contributed by atoms with Crippen molar-refractivity contribution in [2.45, 2.75) is 6.92 Å². The van der Waals surface area contributed by atoms with Crippen molar-refractivity contribution < 1.29 is 4.74 Å². The normalized spacial score (nSPS) is 10.3. The molecule has 0 saturated carbocycles. The van der Waals surface area contributed by atoms with Gasteiger partial charge in [0.05, 0.1) is 5.69 Å². The molecule has 0 aliphatic rings. The summed E-state index contributed by atoms with van der Waals surface area (Å²) in [6.07, 6.45) is 1.92. The average Bonchev–Trinajstić information content (AvgIpc) is 2.49. The van der Waals surface area contributed by atoms with Gasteiger partial charge in [-0.05, 0) is 31.2 Å². The molecule has 0 saturated heterocycles. The first-order valence-corrected chi connectivity index (χ1v) is 5.38. The Labute approximate surface area is 96.8 Å². The first-order valence-electron chi connectivity index (χ1n) is 4.58. The van der Waals surface area contributed by atoms with Crippen molar-refractivity contribution in [2.75, 3.05) is 0 Å². The zero-order chi connectivity index (χ0) is 10.8. The van der Waals surface area contributed by atoms with Gasteiger partial charge in [-0.2, -0.15) is 0 Å². The lowest BCUT2D eigenvalue weighted by Gasteiger charge is -2.04. The Morgan fingerprint density at radius 3 is 2.47 bits per heavy atom. The van der Waals surface area contributed by atoms with Crippen LogP contribution in [0.2, 0.25) is 0 Å². The Bertz CT molecular complexity index is 462. The maximum Gasteiger partial charge on any atom is 0.301 e. The number of hydrogen-bond acceptors (Lipinski definition) is 2. The minimum atomic E-state index is 0.606. The third-order valence-electron chi connectivity index (χ3n) is 1.98. The molecule has 1 aromatic carbocycles. The van der Waals surface area contributed by atoms with Gasteiger partial charge in [0, 0.05) is 17.7 Å². The molecule has 1 heterocycles. The van der Waals surface area contributed by atoms with Crippen LogP contribution in [0.15, 0.2) is 34.9 Å². The van der Waals surface area contributed by atoms with Gasteiger partial charge in [-0.15, -0.1) is 0 Å². The molecule has 15 heavy (non-hydrogen) atoms. The number of aromatic nitrogens is 2. The molecule has 0 radical (unpaired) electrons. The van der Waals surface area contributed by atoms with Gasteiger partial charge >= 0.3 is 6.01 Å². The SMILES string of the molecule is Cc1cn(C)c(Oc2ccc(Br)cc2)n1. The molecule has 2 rings (SSSR count). The lowest BCUT2D eigenvalue weighted by molar-refractivity contribution is 0.424. The minimum absolute atomic E-state index is 0.606. The summed E-state index contributed by atoms with van der Waals surface area (Å²) in [7, 11) is 1.91. The molecule has 0 spiro atoms. The van der Waals surface area contributed by atoms with Crippen molar-refractivity contribution in [3.8, 4) is 11.8 Å². The van der Waals surface area contributed by atoms with Gasteiger partial charge in [0.15, 0.2) is 0 Å². The molecule has 2 aromatic rings. The molecule has 0 N–H and O–H groups in total. The Morgan fingerprint density at radius 1 is 1.27 bits per heavy atom. The third-order valence-corrected chi connectivity index (χ3v) is 2.51. The molecular formula is C11H11BrN2O. The Balaban J connectivity index is 2.21. The van der Waals surface area contributed by atoms with Crippen LogP contribution in [0.4, 0.5) is 0 Å². The quantitative estimate of drug-likeness (QED) is 0.834. The van der Waals surface area contributed by atoms with Crippen LogP contribution in [-0.2, 0) is 7.05 Å². The van der Waals surface area contributed by atoms with Crippen LogP contribution in [0.3, 0.4) is 0 Å². The van der Waals surface area contributed by atoms with E-state index in [4.69, 9.17) is 4.74 Å². The molecule has 0 aliphatic heterocycles. The zero-order valence-corrected chi connectivity index (χ0v) is 10.2. The molecule has 4 heteroatoms. The summed E-state index contributed by atoms with van der Waals surface area (Å²) in [6, 6.07) is 8.27. The van der Waals surface area contributed by atoms with Crippen molar-refractivity contribution in [3.05, 3.63) is 40.6 Å². The highest BCUT2D eigenvalue weighted by Gasteiger charge is 2.04. The highest BCUT2D eigenvalue weighted by atomic mass is 79.9. The first-order chi connectivity index (χ1) is 7.15. The van der Waals surface area contributed by atoms with E-state index in [0.717, 1.165) is 15.9 Å². The van der Waals surface area contributed by atoms with Crippen LogP contribution >= 0.6 is 15.9 Å². The first kappa shape index (κ1) is 10.2. The van der Waals surface area contributed by atoms with Crippen LogP contribution < -0.4 is 4.74 Å². The Hall–Kier alpha value is -1.29. The smallest absolute Gasteiger partial charge is 0.301 e. The van der Waals surface area contributed by atoms with Crippen molar-refractivity contribution >= 4 is 15.9 Å². The molecule has 0 aliphatic carbocycles. The summed E-state index contributed by atoms with van der Waals surface area (Å²) in [4.78, 5) is 4.26. The molecule has 0 unspecified atom stereocenters.